The van der Waals surface area contributed by atoms with E-state index in [0.717, 1.165) is 50.1 Å². The first-order chi connectivity index (χ1) is 15.3. The van der Waals surface area contributed by atoms with Crippen molar-refractivity contribution in [1.82, 2.24) is 9.80 Å². The maximum Gasteiger partial charge on any atom is 0.254 e. The Bertz CT molecular complexity index is 885. The van der Waals surface area contributed by atoms with Gasteiger partial charge < -0.3 is 9.80 Å². The highest BCUT2D eigenvalue weighted by Crippen LogP contribution is 2.32. The van der Waals surface area contributed by atoms with E-state index in [0.29, 0.717) is 34.8 Å². The first-order valence-electron chi connectivity index (χ1n) is 12.1. The van der Waals surface area contributed by atoms with Gasteiger partial charge in [-0.2, -0.15) is 0 Å². The maximum absolute atomic E-state index is 13.6. The highest BCUT2D eigenvalue weighted by atomic mass is 16.2. The monoisotopic (exact) mass is 432 g/mol. The molecular weight excluding hydrogens is 396 g/mol. The molecule has 2 aliphatic heterocycles. The van der Waals surface area contributed by atoms with Gasteiger partial charge in [-0.1, -0.05) is 64.1 Å². The molecule has 170 valence electrons. The molecule has 4 heteroatoms. The smallest absolute Gasteiger partial charge is 0.254 e. The summed E-state index contributed by atoms with van der Waals surface area (Å²) in [6, 6.07) is 15.6. The van der Waals surface area contributed by atoms with Crippen molar-refractivity contribution in [3.05, 3.63) is 59.7 Å². The van der Waals surface area contributed by atoms with Crippen LogP contribution in [0.1, 0.15) is 61.3 Å². The molecule has 2 saturated heterocycles. The van der Waals surface area contributed by atoms with Crippen LogP contribution in [-0.2, 0) is 0 Å². The van der Waals surface area contributed by atoms with Gasteiger partial charge in [0, 0.05) is 37.3 Å². The average molecular weight is 433 g/mol. The Morgan fingerprint density at radius 2 is 0.906 bits per heavy atom. The lowest BCUT2D eigenvalue weighted by molar-refractivity contribution is 0.0616. The fourth-order valence-corrected chi connectivity index (χ4v) is 5.81. The molecule has 2 aromatic rings. The third-order valence-electron chi connectivity index (χ3n) is 6.92. The van der Waals surface area contributed by atoms with Gasteiger partial charge in [0.2, 0.25) is 0 Å². The largest absolute Gasteiger partial charge is 0.338 e. The number of benzene rings is 2. The van der Waals surface area contributed by atoms with Crippen LogP contribution in [0.5, 0.6) is 0 Å². The zero-order valence-electron chi connectivity index (χ0n) is 19.9. The van der Waals surface area contributed by atoms with Gasteiger partial charge in [-0.15, -0.1) is 0 Å². The van der Waals surface area contributed by atoms with Crippen molar-refractivity contribution in [2.75, 3.05) is 26.2 Å². The summed E-state index contributed by atoms with van der Waals surface area (Å²) >= 11 is 0. The molecule has 0 radical (unpaired) electrons. The van der Waals surface area contributed by atoms with Crippen molar-refractivity contribution in [3.8, 4) is 11.1 Å². The highest BCUT2D eigenvalue weighted by Gasteiger charge is 2.30. The molecule has 0 aromatic heterocycles. The van der Waals surface area contributed by atoms with Crippen LogP contribution in [0.3, 0.4) is 0 Å². The van der Waals surface area contributed by atoms with Crippen molar-refractivity contribution in [2.45, 2.75) is 40.5 Å². The third-order valence-corrected chi connectivity index (χ3v) is 6.92. The lowest BCUT2D eigenvalue weighted by atomic mass is 9.89. The van der Waals surface area contributed by atoms with Crippen molar-refractivity contribution >= 4 is 11.8 Å². The second-order valence-corrected chi connectivity index (χ2v) is 10.4. The minimum Gasteiger partial charge on any atom is -0.338 e. The number of hydrogen-bond donors (Lipinski definition) is 0. The minimum absolute atomic E-state index is 0.0708. The molecular formula is C28H36N2O2. The summed E-state index contributed by atoms with van der Waals surface area (Å²) in [7, 11) is 0. The third kappa shape index (κ3) is 4.74. The van der Waals surface area contributed by atoms with Crippen LogP contribution in [0, 0.1) is 23.7 Å². The summed E-state index contributed by atoms with van der Waals surface area (Å²) in [5, 5.41) is 0. The van der Waals surface area contributed by atoms with Gasteiger partial charge in [0.05, 0.1) is 0 Å². The Kier molecular flexibility index (Phi) is 6.68. The van der Waals surface area contributed by atoms with E-state index in [2.05, 4.69) is 27.7 Å². The maximum atomic E-state index is 13.6. The molecule has 2 heterocycles. The molecule has 0 saturated carbocycles. The van der Waals surface area contributed by atoms with Crippen LogP contribution >= 0.6 is 0 Å². The second kappa shape index (κ2) is 9.48. The molecule has 0 N–H and O–H groups in total. The fourth-order valence-electron chi connectivity index (χ4n) is 5.81. The van der Waals surface area contributed by atoms with E-state index in [1.165, 1.54) is 0 Å². The molecule has 2 aromatic carbocycles. The molecule has 0 aliphatic carbocycles. The van der Waals surface area contributed by atoms with E-state index >= 15 is 0 Å². The summed E-state index contributed by atoms with van der Waals surface area (Å²) in [5.74, 6) is 2.17. The van der Waals surface area contributed by atoms with Gasteiger partial charge >= 0.3 is 0 Å². The average Bonchev–Trinajstić information content (AvgIpc) is 2.77. The van der Waals surface area contributed by atoms with Crippen LogP contribution in [0.15, 0.2) is 48.5 Å². The highest BCUT2D eigenvalue weighted by molar-refractivity contribution is 6.06. The van der Waals surface area contributed by atoms with Gasteiger partial charge in [0.15, 0.2) is 0 Å². The van der Waals surface area contributed by atoms with Gasteiger partial charge in [-0.05, 0) is 59.8 Å². The summed E-state index contributed by atoms with van der Waals surface area (Å²) in [6.07, 6.45) is 2.32. The molecule has 2 aliphatic rings. The zero-order valence-corrected chi connectivity index (χ0v) is 19.9. The Balaban J connectivity index is 1.69. The number of amides is 2. The lowest BCUT2D eigenvalue weighted by Crippen LogP contribution is -2.43. The second-order valence-electron chi connectivity index (χ2n) is 10.4. The molecule has 4 nitrogen and oxygen atoms in total. The normalized spacial score (nSPS) is 26.1. The molecule has 4 atom stereocenters. The van der Waals surface area contributed by atoms with E-state index < -0.39 is 0 Å². The summed E-state index contributed by atoms with van der Waals surface area (Å²) in [6.45, 7) is 12.0. The van der Waals surface area contributed by atoms with Crippen molar-refractivity contribution < 1.29 is 9.59 Å². The van der Waals surface area contributed by atoms with Crippen LogP contribution in [-0.4, -0.2) is 47.8 Å². The van der Waals surface area contributed by atoms with Gasteiger partial charge in [0.1, 0.15) is 0 Å². The quantitative estimate of drug-likeness (QED) is 0.634. The van der Waals surface area contributed by atoms with Gasteiger partial charge in [-0.3, -0.25) is 9.59 Å². The first kappa shape index (κ1) is 22.6. The summed E-state index contributed by atoms with van der Waals surface area (Å²) in [4.78, 5) is 31.2. The van der Waals surface area contributed by atoms with E-state index in [1.807, 2.05) is 58.3 Å². The number of rotatable bonds is 3. The number of hydrogen-bond acceptors (Lipinski definition) is 2. The van der Waals surface area contributed by atoms with E-state index in [-0.39, 0.29) is 11.8 Å². The molecule has 2 fully saturated rings. The molecule has 0 spiro atoms. The zero-order chi connectivity index (χ0) is 22.8. The van der Waals surface area contributed by atoms with Crippen molar-refractivity contribution in [2.24, 2.45) is 23.7 Å². The van der Waals surface area contributed by atoms with Crippen LogP contribution in [0.2, 0.25) is 0 Å². The number of piperidine rings is 2. The predicted molar refractivity (Wildman–Crippen MR) is 130 cm³/mol. The SMILES string of the molecule is CC1CC(C)CN(C(=O)c2ccccc2-c2ccccc2C(=O)N2CC(C)CC(C)C2)C1. The Labute approximate surface area is 192 Å². The van der Waals surface area contributed by atoms with Gasteiger partial charge in [0.25, 0.3) is 11.8 Å². The van der Waals surface area contributed by atoms with Crippen LogP contribution in [0.25, 0.3) is 11.1 Å². The molecule has 4 unspecified atom stereocenters. The number of carbonyl (C=O) groups excluding carboxylic acids is 2. The topological polar surface area (TPSA) is 40.6 Å². The number of nitrogens with zero attached hydrogens (tertiary/aromatic N) is 2. The molecule has 0 bridgehead atoms. The Morgan fingerprint density at radius 3 is 1.25 bits per heavy atom. The van der Waals surface area contributed by atoms with Crippen LogP contribution in [0.4, 0.5) is 0 Å². The van der Waals surface area contributed by atoms with Crippen LogP contribution < -0.4 is 0 Å². The minimum atomic E-state index is 0.0708. The summed E-state index contributed by atoms with van der Waals surface area (Å²) < 4.78 is 0. The van der Waals surface area contributed by atoms with Crippen molar-refractivity contribution in [3.63, 3.8) is 0 Å². The summed E-state index contributed by atoms with van der Waals surface area (Å²) in [5.41, 5.74) is 3.08. The molecule has 2 amide bonds. The number of likely N-dealkylation sites (tertiary alicyclic amines) is 2. The van der Waals surface area contributed by atoms with E-state index in [4.69, 9.17) is 0 Å². The molecule has 32 heavy (non-hydrogen) atoms. The van der Waals surface area contributed by atoms with Crippen molar-refractivity contribution in [1.29, 1.82) is 0 Å². The lowest BCUT2D eigenvalue weighted by Gasteiger charge is -2.36. The standard InChI is InChI=1S/C28H36N2O2/c1-19-13-20(2)16-29(15-19)27(31)25-11-7-5-9-23(25)24-10-6-8-12-26(24)28(32)30-17-21(3)14-22(4)18-30/h5-12,19-22H,13-18H2,1-4H3. The fraction of sp³-hybridized carbons (Fsp3) is 0.500. The predicted octanol–water partition coefficient (Wildman–Crippen LogP) is 5.59. The van der Waals surface area contributed by atoms with E-state index in [9.17, 15) is 9.59 Å². The molecule has 4 rings (SSSR count). The Hall–Kier alpha value is -2.62. The first-order valence-corrected chi connectivity index (χ1v) is 12.1. The van der Waals surface area contributed by atoms with Gasteiger partial charge in [-0.25, -0.2) is 0 Å². The Morgan fingerprint density at radius 1 is 0.594 bits per heavy atom. The number of carbonyl (C=O) groups is 2. The van der Waals surface area contributed by atoms with E-state index in [1.54, 1.807) is 0 Å².